The van der Waals surface area contributed by atoms with E-state index in [0.717, 1.165) is 76.5 Å². The van der Waals surface area contributed by atoms with E-state index < -0.39 is 0 Å². The van der Waals surface area contributed by atoms with Crippen molar-refractivity contribution in [3.05, 3.63) is 71.8 Å². The lowest BCUT2D eigenvalue weighted by Crippen LogP contribution is -2.48. The summed E-state index contributed by atoms with van der Waals surface area (Å²) >= 11 is 0. The van der Waals surface area contributed by atoms with E-state index in [9.17, 15) is 0 Å². The topological polar surface area (TPSA) is 100 Å². The summed E-state index contributed by atoms with van der Waals surface area (Å²) in [6.45, 7) is 14.8. The van der Waals surface area contributed by atoms with E-state index in [1.54, 1.807) is 0 Å². The summed E-state index contributed by atoms with van der Waals surface area (Å²) < 4.78 is 0. The highest BCUT2D eigenvalue weighted by atomic mass is 33.1. The molecule has 6 atom stereocenters. The Morgan fingerprint density at radius 3 is 1.33 bits per heavy atom. The summed E-state index contributed by atoms with van der Waals surface area (Å²) in [7, 11) is 3.70. The van der Waals surface area contributed by atoms with E-state index in [4.69, 9.17) is 11.5 Å². The Bertz CT molecular complexity index is 817. The van der Waals surface area contributed by atoms with Crippen LogP contribution in [0.15, 0.2) is 60.7 Å². The van der Waals surface area contributed by atoms with Crippen molar-refractivity contribution in [1.29, 1.82) is 0 Å². The quantitative estimate of drug-likeness (QED) is 0.0706. The van der Waals surface area contributed by atoms with Crippen LogP contribution in [0.1, 0.15) is 51.7 Å². The molecule has 0 spiro atoms. The van der Waals surface area contributed by atoms with E-state index >= 15 is 0 Å². The first-order valence-corrected chi connectivity index (χ1v) is 18.6. The van der Waals surface area contributed by atoms with Crippen molar-refractivity contribution in [2.75, 3.05) is 50.8 Å². The van der Waals surface area contributed by atoms with Gasteiger partial charge in [-0.25, -0.2) is 0 Å². The predicted octanol–water partition coefficient (Wildman–Crippen LogP) is 4.70. The average Bonchev–Trinajstić information content (AvgIpc) is 3.02. The summed E-state index contributed by atoms with van der Waals surface area (Å²) in [5.74, 6) is 3.06. The molecule has 0 saturated heterocycles. The Morgan fingerprint density at radius 1 is 0.595 bits per heavy atom. The minimum atomic E-state index is 0.129. The van der Waals surface area contributed by atoms with Gasteiger partial charge in [0.1, 0.15) is 0 Å². The number of rotatable bonds is 25. The van der Waals surface area contributed by atoms with Crippen LogP contribution in [0.25, 0.3) is 0 Å². The monoisotopic (exact) mass is 616 g/mol. The Balaban J connectivity index is 1.58. The van der Waals surface area contributed by atoms with Gasteiger partial charge in [-0.2, -0.15) is 0 Å². The molecule has 0 aliphatic rings. The van der Waals surface area contributed by atoms with Crippen LogP contribution < -0.4 is 32.7 Å². The molecule has 6 nitrogen and oxygen atoms in total. The molecule has 8 heteroatoms. The molecule has 238 valence electrons. The van der Waals surface area contributed by atoms with Crippen LogP contribution in [-0.2, 0) is 12.8 Å². The normalized spacial score (nSPS) is 16.0. The van der Waals surface area contributed by atoms with Crippen molar-refractivity contribution in [3.8, 4) is 0 Å². The summed E-state index contributed by atoms with van der Waals surface area (Å²) in [5.41, 5.74) is 15.7. The third kappa shape index (κ3) is 16.7. The molecule has 0 aromatic heterocycles. The molecular formula is C34H60N6S2. The van der Waals surface area contributed by atoms with Gasteiger partial charge in [-0.15, -0.1) is 0 Å². The highest BCUT2D eigenvalue weighted by molar-refractivity contribution is 8.76. The van der Waals surface area contributed by atoms with Crippen LogP contribution in [0.5, 0.6) is 0 Å². The van der Waals surface area contributed by atoms with Crippen molar-refractivity contribution < 1.29 is 0 Å². The van der Waals surface area contributed by atoms with E-state index in [-0.39, 0.29) is 12.1 Å². The zero-order valence-electron chi connectivity index (χ0n) is 26.7. The van der Waals surface area contributed by atoms with Crippen LogP contribution in [0.3, 0.4) is 0 Å². The van der Waals surface area contributed by atoms with Gasteiger partial charge in [0.15, 0.2) is 0 Å². The first-order chi connectivity index (χ1) is 20.4. The fourth-order valence-corrected chi connectivity index (χ4v) is 7.19. The van der Waals surface area contributed by atoms with Gasteiger partial charge in [0.25, 0.3) is 0 Å². The van der Waals surface area contributed by atoms with Gasteiger partial charge >= 0.3 is 0 Å². The third-order valence-electron chi connectivity index (χ3n) is 8.19. The lowest BCUT2D eigenvalue weighted by atomic mass is 9.98. The lowest BCUT2D eigenvalue weighted by molar-refractivity contribution is 0.346. The maximum Gasteiger partial charge on any atom is 0.0265 e. The van der Waals surface area contributed by atoms with Crippen molar-refractivity contribution in [1.82, 2.24) is 21.3 Å². The molecule has 0 unspecified atom stereocenters. The standard InChI is InChI=1S/C34H60N6S2/c1-5-27(3)33(23-37-19-17-29-13-9-7-10-14-29)39-21-31(35)25-41-42-26-32(36)22-40-34(28(4)6-2)24-38-20-18-30-15-11-8-12-16-30/h7-16,27-28,31-34,37-40H,5-6,17-26,35-36H2,1-4H3/t27-,28-,31+,32+,33+,34+/m0/s1. The molecule has 0 heterocycles. The Morgan fingerprint density at radius 2 is 0.976 bits per heavy atom. The van der Waals surface area contributed by atoms with Crippen LogP contribution in [0.2, 0.25) is 0 Å². The fourth-order valence-electron chi connectivity index (χ4n) is 4.78. The number of benzene rings is 2. The molecule has 42 heavy (non-hydrogen) atoms. The molecule has 8 N–H and O–H groups in total. The second-order valence-electron chi connectivity index (χ2n) is 11.8. The van der Waals surface area contributed by atoms with Gasteiger partial charge in [0, 0.05) is 61.9 Å². The summed E-state index contributed by atoms with van der Waals surface area (Å²) in [6, 6.07) is 22.5. The second kappa shape index (κ2) is 23.3. The molecular weight excluding hydrogens is 557 g/mol. The molecule has 0 radical (unpaired) electrons. The molecule has 2 rings (SSSR count). The van der Waals surface area contributed by atoms with Crippen molar-refractivity contribution >= 4 is 21.6 Å². The SMILES string of the molecule is CC[C@H](C)[C@@H](CNCCc1ccccc1)NC[C@@H](N)CSSC[C@H](N)CN[C@H](CNCCc1ccccc1)[C@@H](C)CC. The molecule has 0 saturated carbocycles. The maximum atomic E-state index is 6.49. The van der Waals surface area contributed by atoms with Gasteiger partial charge in [0.2, 0.25) is 0 Å². The maximum absolute atomic E-state index is 6.49. The fraction of sp³-hybridized carbons (Fsp3) is 0.647. The van der Waals surface area contributed by atoms with Crippen LogP contribution in [-0.4, -0.2) is 74.9 Å². The van der Waals surface area contributed by atoms with Crippen LogP contribution in [0.4, 0.5) is 0 Å². The van der Waals surface area contributed by atoms with Gasteiger partial charge in [-0.3, -0.25) is 0 Å². The van der Waals surface area contributed by atoms with E-state index in [1.807, 2.05) is 21.6 Å². The average molecular weight is 617 g/mol. The van der Waals surface area contributed by atoms with E-state index in [0.29, 0.717) is 23.9 Å². The summed E-state index contributed by atoms with van der Waals surface area (Å²) in [5, 5.41) is 14.8. The predicted molar refractivity (Wildman–Crippen MR) is 189 cm³/mol. The largest absolute Gasteiger partial charge is 0.326 e. The van der Waals surface area contributed by atoms with Gasteiger partial charge in [0.05, 0.1) is 0 Å². The van der Waals surface area contributed by atoms with Crippen molar-refractivity contribution in [3.63, 3.8) is 0 Å². The van der Waals surface area contributed by atoms with Crippen LogP contribution in [0, 0.1) is 11.8 Å². The zero-order chi connectivity index (χ0) is 30.4. The minimum Gasteiger partial charge on any atom is -0.326 e. The summed E-state index contributed by atoms with van der Waals surface area (Å²) in [6.07, 6.45) is 4.43. The molecule has 0 aliphatic heterocycles. The van der Waals surface area contributed by atoms with Crippen molar-refractivity contribution in [2.45, 2.75) is 77.5 Å². The smallest absolute Gasteiger partial charge is 0.0265 e. The van der Waals surface area contributed by atoms with Crippen LogP contribution >= 0.6 is 21.6 Å². The van der Waals surface area contributed by atoms with Gasteiger partial charge < -0.3 is 32.7 Å². The number of nitrogens with two attached hydrogens (primary N) is 2. The molecule has 0 amide bonds. The first-order valence-electron chi connectivity index (χ1n) is 16.1. The third-order valence-corrected chi connectivity index (χ3v) is 10.8. The molecule has 0 bridgehead atoms. The summed E-state index contributed by atoms with van der Waals surface area (Å²) in [4.78, 5) is 0. The molecule has 2 aromatic carbocycles. The van der Waals surface area contributed by atoms with Gasteiger partial charge in [-0.05, 0) is 48.9 Å². The van der Waals surface area contributed by atoms with Gasteiger partial charge in [-0.1, -0.05) is 123 Å². The Hall–Kier alpha value is -1.10. The molecule has 2 aromatic rings. The second-order valence-corrected chi connectivity index (χ2v) is 14.3. The molecule has 0 aliphatic carbocycles. The Kier molecular flexibility index (Phi) is 20.6. The first kappa shape index (κ1) is 37.1. The number of nitrogens with one attached hydrogen (secondary N) is 4. The zero-order valence-corrected chi connectivity index (χ0v) is 28.3. The lowest BCUT2D eigenvalue weighted by Gasteiger charge is -2.27. The van der Waals surface area contributed by atoms with E-state index in [2.05, 4.69) is 110 Å². The minimum absolute atomic E-state index is 0.129. The van der Waals surface area contributed by atoms with E-state index in [1.165, 1.54) is 11.1 Å². The number of hydrogen-bond donors (Lipinski definition) is 6. The number of hydrogen-bond acceptors (Lipinski definition) is 8. The Labute approximate surface area is 265 Å². The van der Waals surface area contributed by atoms with Crippen molar-refractivity contribution in [2.24, 2.45) is 23.3 Å². The highest BCUT2D eigenvalue weighted by Crippen LogP contribution is 2.22. The molecule has 0 fully saturated rings. The highest BCUT2D eigenvalue weighted by Gasteiger charge is 2.18.